The lowest BCUT2D eigenvalue weighted by Crippen LogP contribution is -2.53. The minimum atomic E-state index is -1.20. The van der Waals surface area contributed by atoms with Gasteiger partial charge < -0.3 is 15.0 Å². The summed E-state index contributed by atoms with van der Waals surface area (Å²) >= 11 is 12.7. The predicted octanol–water partition coefficient (Wildman–Crippen LogP) is 6.31. The Morgan fingerprint density at radius 3 is 2.76 bits per heavy atom. The SMILES string of the molecule is Cc1cc2c(cc1C(=O)O)nc1n2C[C@H]2[C@@H]1[C@H](c1cccc(Cl)c1F)[C@]1(C(=O)Nc3cc(Cl)ccc31)N2CC1CC1. The molecule has 41 heavy (non-hydrogen) atoms. The summed E-state index contributed by atoms with van der Waals surface area (Å²) in [7, 11) is 0. The molecule has 208 valence electrons. The summed E-state index contributed by atoms with van der Waals surface area (Å²) in [6.45, 7) is 3.02. The number of imidazole rings is 1. The Hall–Kier alpha value is -3.46. The number of aryl methyl sites for hydroxylation is 1. The van der Waals surface area contributed by atoms with Gasteiger partial charge in [0.25, 0.3) is 0 Å². The molecule has 0 radical (unpaired) electrons. The third kappa shape index (κ3) is 3.32. The third-order valence-electron chi connectivity index (χ3n) is 9.55. The van der Waals surface area contributed by atoms with Crippen LogP contribution in [0.5, 0.6) is 0 Å². The fraction of sp³-hybridized carbons (Fsp3) is 0.323. The summed E-state index contributed by atoms with van der Waals surface area (Å²) in [6, 6.07) is 13.7. The number of hydrogen-bond acceptors (Lipinski definition) is 4. The number of aromatic nitrogens is 2. The highest BCUT2D eigenvalue weighted by Gasteiger charge is 2.69. The van der Waals surface area contributed by atoms with Crippen molar-refractivity contribution in [3.8, 4) is 0 Å². The maximum absolute atomic E-state index is 16.1. The van der Waals surface area contributed by atoms with E-state index in [1.165, 1.54) is 6.07 Å². The standard InChI is InChI=1S/C31H25Cl2FN4O3/c1-14-9-23-22(11-18(14)29(39)40)35-28-25-24(13-37(23)28)38(12-15-5-6-15)31(26(25)17-3-2-4-20(33)27(17)34)19-8-7-16(32)10-21(19)36-30(31)41/h2-4,7-11,15,24-26H,5-6,12-13H2,1H3,(H,36,41)(H,39,40)/t24-,25+,26-,31+/m0/s1. The van der Waals surface area contributed by atoms with Crippen molar-refractivity contribution in [1.29, 1.82) is 0 Å². The van der Waals surface area contributed by atoms with E-state index in [0.29, 0.717) is 46.4 Å². The van der Waals surface area contributed by atoms with Gasteiger partial charge in [0, 0.05) is 47.2 Å². The van der Waals surface area contributed by atoms with E-state index in [2.05, 4.69) is 14.8 Å². The third-order valence-corrected chi connectivity index (χ3v) is 10.1. The Kier molecular flexibility index (Phi) is 5.26. The second kappa shape index (κ2) is 8.53. The fourth-order valence-corrected chi connectivity index (χ4v) is 8.08. The van der Waals surface area contributed by atoms with Gasteiger partial charge in [-0.3, -0.25) is 9.69 Å². The topological polar surface area (TPSA) is 87.5 Å². The number of benzene rings is 3. The minimum Gasteiger partial charge on any atom is -0.478 e. The van der Waals surface area contributed by atoms with Gasteiger partial charge in [-0.1, -0.05) is 41.4 Å². The highest BCUT2D eigenvalue weighted by molar-refractivity contribution is 6.31. The van der Waals surface area contributed by atoms with Crippen molar-refractivity contribution < 1.29 is 19.1 Å². The van der Waals surface area contributed by atoms with E-state index < -0.39 is 23.2 Å². The fourth-order valence-electron chi connectivity index (χ4n) is 7.73. The van der Waals surface area contributed by atoms with Crippen molar-refractivity contribution in [1.82, 2.24) is 14.5 Å². The molecule has 7 nitrogen and oxygen atoms in total. The van der Waals surface area contributed by atoms with Gasteiger partial charge >= 0.3 is 5.97 Å². The molecule has 1 spiro atoms. The Bertz CT molecular complexity index is 1840. The van der Waals surface area contributed by atoms with Gasteiger partial charge in [-0.2, -0.15) is 0 Å². The smallest absolute Gasteiger partial charge is 0.336 e. The molecule has 3 aromatic carbocycles. The van der Waals surface area contributed by atoms with Gasteiger partial charge in [-0.25, -0.2) is 14.2 Å². The number of aromatic carboxylic acids is 1. The Morgan fingerprint density at radius 2 is 2.00 bits per heavy atom. The quantitative estimate of drug-likeness (QED) is 0.291. The summed E-state index contributed by atoms with van der Waals surface area (Å²) < 4.78 is 18.2. The van der Waals surface area contributed by atoms with Crippen molar-refractivity contribution >= 4 is 51.8 Å². The highest BCUT2D eigenvalue weighted by atomic mass is 35.5. The first-order chi connectivity index (χ1) is 19.7. The summed E-state index contributed by atoms with van der Waals surface area (Å²) in [6.07, 6.45) is 2.17. The molecule has 1 saturated carbocycles. The molecule has 1 amide bonds. The number of rotatable bonds is 4. The first-order valence-corrected chi connectivity index (χ1v) is 14.5. The average Bonchev–Trinajstić information content (AvgIpc) is 3.39. The molecule has 1 aliphatic carbocycles. The van der Waals surface area contributed by atoms with Crippen LogP contribution >= 0.6 is 23.2 Å². The summed E-state index contributed by atoms with van der Waals surface area (Å²) in [4.78, 5) is 33.6. The molecule has 0 bridgehead atoms. The lowest BCUT2D eigenvalue weighted by molar-refractivity contribution is -0.128. The van der Waals surface area contributed by atoms with Crippen LogP contribution in [0.2, 0.25) is 10.0 Å². The Balaban J connectivity index is 1.42. The Morgan fingerprint density at radius 1 is 1.20 bits per heavy atom. The maximum Gasteiger partial charge on any atom is 0.336 e. The van der Waals surface area contributed by atoms with E-state index in [-0.39, 0.29) is 28.5 Å². The number of carbonyl (C=O) groups excluding carboxylic acids is 1. The second-order valence-corrected chi connectivity index (χ2v) is 12.6. The number of nitrogens with zero attached hydrogens (tertiary/aromatic N) is 3. The number of fused-ring (bicyclic) bond motifs is 7. The molecule has 4 heterocycles. The number of hydrogen-bond donors (Lipinski definition) is 2. The van der Waals surface area contributed by atoms with E-state index >= 15 is 4.39 Å². The number of carbonyl (C=O) groups is 2. The molecule has 4 aliphatic rings. The molecule has 4 aromatic rings. The van der Waals surface area contributed by atoms with E-state index in [4.69, 9.17) is 28.2 Å². The van der Waals surface area contributed by atoms with Gasteiger partial charge in [-0.15, -0.1) is 0 Å². The van der Waals surface area contributed by atoms with Gasteiger partial charge in [0.2, 0.25) is 5.91 Å². The van der Waals surface area contributed by atoms with Crippen LogP contribution in [-0.2, 0) is 16.9 Å². The Labute approximate surface area is 244 Å². The summed E-state index contributed by atoms with van der Waals surface area (Å²) in [5.41, 5.74) is 2.83. The molecule has 8 rings (SSSR count). The largest absolute Gasteiger partial charge is 0.478 e. The molecular formula is C31H25Cl2FN4O3. The molecule has 10 heteroatoms. The van der Waals surface area contributed by atoms with Crippen molar-refractivity contribution in [2.45, 2.75) is 49.7 Å². The molecule has 4 atom stereocenters. The zero-order valence-corrected chi connectivity index (χ0v) is 23.5. The van der Waals surface area contributed by atoms with Crippen LogP contribution in [0, 0.1) is 18.7 Å². The van der Waals surface area contributed by atoms with Crippen molar-refractivity contribution in [2.24, 2.45) is 5.92 Å². The van der Waals surface area contributed by atoms with Gasteiger partial charge in [0.15, 0.2) is 0 Å². The highest BCUT2D eigenvalue weighted by Crippen LogP contribution is 2.65. The molecule has 1 aromatic heterocycles. The summed E-state index contributed by atoms with van der Waals surface area (Å²) in [5.74, 6) is -1.59. The molecule has 2 N–H and O–H groups in total. The second-order valence-electron chi connectivity index (χ2n) is 11.8. The van der Waals surface area contributed by atoms with E-state index in [1.807, 2.05) is 12.1 Å². The molecule has 0 unspecified atom stereocenters. The van der Waals surface area contributed by atoms with Crippen molar-refractivity contribution in [3.63, 3.8) is 0 Å². The van der Waals surface area contributed by atoms with E-state index in [1.54, 1.807) is 37.3 Å². The number of nitrogens with one attached hydrogen (secondary N) is 1. The normalized spacial score (nSPS) is 26.4. The lowest BCUT2D eigenvalue weighted by atomic mass is 9.71. The lowest BCUT2D eigenvalue weighted by Gasteiger charge is -2.40. The number of likely N-dealkylation sites (tertiary alicyclic amines) is 1. The van der Waals surface area contributed by atoms with E-state index in [0.717, 1.165) is 29.7 Å². The van der Waals surface area contributed by atoms with Crippen LogP contribution in [0.3, 0.4) is 0 Å². The first kappa shape index (κ1) is 25.3. The zero-order chi connectivity index (χ0) is 28.4. The number of amides is 1. The van der Waals surface area contributed by atoms with Crippen molar-refractivity contribution in [2.75, 3.05) is 11.9 Å². The average molecular weight is 591 g/mol. The minimum absolute atomic E-state index is 0.00203. The van der Waals surface area contributed by atoms with Crippen LogP contribution in [0.4, 0.5) is 10.1 Å². The van der Waals surface area contributed by atoms with Crippen LogP contribution in [0.25, 0.3) is 11.0 Å². The zero-order valence-electron chi connectivity index (χ0n) is 22.0. The van der Waals surface area contributed by atoms with Gasteiger partial charge in [-0.05, 0) is 67.1 Å². The molecule has 3 aliphatic heterocycles. The van der Waals surface area contributed by atoms with Crippen LogP contribution < -0.4 is 5.32 Å². The molecular weight excluding hydrogens is 566 g/mol. The molecule has 1 saturated heterocycles. The van der Waals surface area contributed by atoms with Gasteiger partial charge in [0.1, 0.15) is 17.2 Å². The number of halogens is 3. The van der Waals surface area contributed by atoms with Crippen LogP contribution in [-0.4, -0.2) is 44.0 Å². The predicted molar refractivity (Wildman–Crippen MR) is 153 cm³/mol. The van der Waals surface area contributed by atoms with Crippen LogP contribution in [0.15, 0.2) is 48.5 Å². The first-order valence-electron chi connectivity index (χ1n) is 13.8. The van der Waals surface area contributed by atoms with Crippen LogP contribution in [0.1, 0.15) is 57.6 Å². The monoisotopic (exact) mass is 590 g/mol. The van der Waals surface area contributed by atoms with Crippen molar-refractivity contribution in [3.05, 3.63) is 92.5 Å². The summed E-state index contributed by atoms with van der Waals surface area (Å²) in [5, 5.41) is 13.3. The maximum atomic E-state index is 16.1. The number of anilines is 1. The van der Waals surface area contributed by atoms with E-state index in [9.17, 15) is 14.7 Å². The molecule has 2 fully saturated rings. The number of carboxylic acid groups (broad SMARTS) is 1. The van der Waals surface area contributed by atoms with Gasteiger partial charge in [0.05, 0.1) is 21.6 Å². The number of carboxylic acids is 1.